The summed E-state index contributed by atoms with van der Waals surface area (Å²) in [4.78, 5) is 30.7. The van der Waals surface area contributed by atoms with Crippen LogP contribution in [0, 0.1) is 0 Å². The molecule has 2 amide bonds. The number of aromatic amines is 1. The van der Waals surface area contributed by atoms with E-state index in [9.17, 15) is 9.59 Å². The number of aromatic nitrogens is 1. The quantitative estimate of drug-likeness (QED) is 0.452. The van der Waals surface area contributed by atoms with Crippen molar-refractivity contribution < 1.29 is 9.59 Å². The second kappa shape index (κ2) is 8.85. The van der Waals surface area contributed by atoms with Crippen molar-refractivity contribution in [2.24, 2.45) is 0 Å². The standard InChI is InChI=1S/C23H21N3O2S2/c1-15(21(27)24-12-11-17-14-25-19-10-6-5-9-18(17)19)26-22(28)20(30-23(26)29)13-16-7-3-2-4-8-16/h2-10,13-15,25H,11-12H2,1H3,(H,24,27)/b20-13-/t15-/m1/s1. The Morgan fingerprint density at radius 3 is 2.73 bits per heavy atom. The van der Waals surface area contributed by atoms with Gasteiger partial charge in [0, 0.05) is 23.6 Å². The van der Waals surface area contributed by atoms with E-state index in [0.717, 1.165) is 22.0 Å². The maximum atomic E-state index is 12.8. The summed E-state index contributed by atoms with van der Waals surface area (Å²) < 4.78 is 0.404. The van der Waals surface area contributed by atoms with Gasteiger partial charge in [-0.15, -0.1) is 0 Å². The molecule has 1 fully saturated rings. The molecule has 0 radical (unpaired) electrons. The van der Waals surface area contributed by atoms with Crippen LogP contribution in [-0.4, -0.2) is 38.6 Å². The molecule has 2 N–H and O–H groups in total. The molecule has 1 saturated heterocycles. The van der Waals surface area contributed by atoms with E-state index in [1.54, 1.807) is 13.0 Å². The van der Waals surface area contributed by atoms with Gasteiger partial charge in [-0.1, -0.05) is 72.5 Å². The zero-order valence-electron chi connectivity index (χ0n) is 16.4. The number of nitrogens with one attached hydrogen (secondary N) is 2. The number of rotatable bonds is 6. The van der Waals surface area contributed by atoms with E-state index in [1.165, 1.54) is 16.7 Å². The normalized spacial score (nSPS) is 16.4. The molecule has 1 aromatic heterocycles. The summed E-state index contributed by atoms with van der Waals surface area (Å²) in [5.41, 5.74) is 3.15. The summed E-state index contributed by atoms with van der Waals surface area (Å²) >= 11 is 6.61. The summed E-state index contributed by atoms with van der Waals surface area (Å²) in [5, 5.41) is 4.09. The van der Waals surface area contributed by atoms with E-state index in [2.05, 4.69) is 16.4 Å². The van der Waals surface area contributed by atoms with Gasteiger partial charge in [0.1, 0.15) is 10.4 Å². The Bertz CT molecular complexity index is 1140. The van der Waals surface area contributed by atoms with Gasteiger partial charge in [0.05, 0.1) is 4.91 Å². The SMILES string of the molecule is C[C@H](C(=O)NCCc1c[nH]c2ccccc12)N1C(=O)/C(=C/c2ccccc2)SC1=S. The third-order valence-corrected chi connectivity index (χ3v) is 6.39. The number of hydrogen-bond acceptors (Lipinski definition) is 4. The lowest BCUT2D eigenvalue weighted by Gasteiger charge is -2.22. The highest BCUT2D eigenvalue weighted by Crippen LogP contribution is 2.33. The molecule has 0 bridgehead atoms. The molecule has 0 unspecified atom stereocenters. The third-order valence-electron chi connectivity index (χ3n) is 5.06. The predicted molar refractivity (Wildman–Crippen MR) is 126 cm³/mol. The number of nitrogens with zero attached hydrogens (tertiary/aromatic N) is 1. The number of thiocarbonyl (C=S) groups is 1. The fraction of sp³-hybridized carbons (Fsp3) is 0.174. The number of carbonyl (C=O) groups excluding carboxylic acids is 2. The van der Waals surface area contributed by atoms with Crippen molar-refractivity contribution in [2.75, 3.05) is 6.54 Å². The van der Waals surface area contributed by atoms with Crippen LogP contribution in [-0.2, 0) is 16.0 Å². The van der Waals surface area contributed by atoms with Crippen LogP contribution in [0.2, 0.25) is 0 Å². The molecule has 3 aromatic rings. The Labute approximate surface area is 184 Å². The Balaban J connectivity index is 1.38. The summed E-state index contributed by atoms with van der Waals surface area (Å²) in [6.07, 6.45) is 4.48. The van der Waals surface area contributed by atoms with Crippen LogP contribution in [0.4, 0.5) is 0 Å². The lowest BCUT2D eigenvalue weighted by atomic mass is 10.1. The molecule has 5 nitrogen and oxygen atoms in total. The first-order chi connectivity index (χ1) is 14.5. The topological polar surface area (TPSA) is 65.2 Å². The fourth-order valence-corrected chi connectivity index (χ4v) is 4.86. The molecule has 152 valence electrons. The number of H-pyrrole nitrogens is 1. The van der Waals surface area contributed by atoms with Gasteiger partial charge in [0.2, 0.25) is 5.91 Å². The summed E-state index contributed by atoms with van der Waals surface area (Å²) in [7, 11) is 0. The molecule has 1 aliphatic rings. The first kappa shape index (κ1) is 20.4. The van der Waals surface area contributed by atoms with Crippen LogP contribution in [0.25, 0.3) is 17.0 Å². The Kier molecular flexibility index (Phi) is 6.01. The van der Waals surface area contributed by atoms with E-state index >= 15 is 0 Å². The van der Waals surface area contributed by atoms with Gasteiger partial charge in [-0.2, -0.15) is 0 Å². The van der Waals surface area contributed by atoms with Crippen LogP contribution in [0.1, 0.15) is 18.1 Å². The van der Waals surface area contributed by atoms with E-state index in [1.807, 2.05) is 54.7 Å². The monoisotopic (exact) mass is 435 g/mol. The minimum Gasteiger partial charge on any atom is -0.361 e. The Morgan fingerprint density at radius 2 is 1.93 bits per heavy atom. The first-order valence-corrected chi connectivity index (χ1v) is 10.9. The van der Waals surface area contributed by atoms with E-state index in [4.69, 9.17) is 12.2 Å². The van der Waals surface area contributed by atoms with E-state index in [-0.39, 0.29) is 11.8 Å². The summed E-state index contributed by atoms with van der Waals surface area (Å²) in [5.74, 6) is -0.444. The van der Waals surface area contributed by atoms with Crippen molar-refractivity contribution in [3.05, 3.63) is 76.8 Å². The highest BCUT2D eigenvalue weighted by atomic mass is 32.2. The third kappa shape index (κ3) is 4.17. The maximum Gasteiger partial charge on any atom is 0.266 e. The fourth-order valence-electron chi connectivity index (χ4n) is 3.44. The molecule has 1 aliphatic heterocycles. The van der Waals surface area contributed by atoms with Crippen molar-refractivity contribution in [3.8, 4) is 0 Å². The molecule has 0 saturated carbocycles. The molecule has 30 heavy (non-hydrogen) atoms. The number of amides is 2. The van der Waals surface area contributed by atoms with Gasteiger partial charge in [0.25, 0.3) is 5.91 Å². The van der Waals surface area contributed by atoms with Crippen molar-refractivity contribution in [1.29, 1.82) is 0 Å². The van der Waals surface area contributed by atoms with Crippen LogP contribution in [0.3, 0.4) is 0 Å². The number of thioether (sulfide) groups is 1. The van der Waals surface area contributed by atoms with Gasteiger partial charge in [-0.25, -0.2) is 0 Å². The lowest BCUT2D eigenvalue weighted by molar-refractivity contribution is -0.132. The second-order valence-corrected chi connectivity index (χ2v) is 8.71. The molecule has 4 rings (SSSR count). The van der Waals surface area contributed by atoms with E-state index in [0.29, 0.717) is 22.2 Å². The van der Waals surface area contributed by atoms with Crippen molar-refractivity contribution in [3.63, 3.8) is 0 Å². The van der Waals surface area contributed by atoms with Crippen LogP contribution < -0.4 is 5.32 Å². The van der Waals surface area contributed by atoms with Crippen molar-refractivity contribution in [1.82, 2.24) is 15.2 Å². The molecule has 2 heterocycles. The van der Waals surface area contributed by atoms with Gasteiger partial charge >= 0.3 is 0 Å². The number of para-hydroxylation sites is 1. The average molecular weight is 436 g/mol. The van der Waals surface area contributed by atoms with Gasteiger partial charge in [-0.3, -0.25) is 14.5 Å². The molecule has 1 atom stereocenters. The van der Waals surface area contributed by atoms with Gasteiger partial charge < -0.3 is 10.3 Å². The lowest BCUT2D eigenvalue weighted by Crippen LogP contribution is -2.47. The molecule has 7 heteroatoms. The molecule has 0 aliphatic carbocycles. The van der Waals surface area contributed by atoms with Crippen LogP contribution >= 0.6 is 24.0 Å². The largest absolute Gasteiger partial charge is 0.361 e. The molecular weight excluding hydrogens is 414 g/mol. The van der Waals surface area contributed by atoms with Gasteiger partial charge in [0.15, 0.2) is 0 Å². The average Bonchev–Trinajstić information content (AvgIpc) is 3.29. The van der Waals surface area contributed by atoms with Gasteiger partial charge in [-0.05, 0) is 36.6 Å². The van der Waals surface area contributed by atoms with E-state index < -0.39 is 6.04 Å². The summed E-state index contributed by atoms with van der Waals surface area (Å²) in [6, 6.07) is 17.0. The smallest absolute Gasteiger partial charge is 0.266 e. The first-order valence-electron chi connectivity index (χ1n) is 9.69. The van der Waals surface area contributed by atoms with Crippen LogP contribution in [0.5, 0.6) is 0 Å². The minimum atomic E-state index is -0.665. The minimum absolute atomic E-state index is 0.216. The number of hydrogen-bond donors (Lipinski definition) is 2. The zero-order chi connectivity index (χ0) is 21.1. The number of carbonyl (C=O) groups is 2. The highest BCUT2D eigenvalue weighted by molar-refractivity contribution is 8.26. The highest BCUT2D eigenvalue weighted by Gasteiger charge is 2.38. The summed E-state index contributed by atoms with van der Waals surface area (Å²) in [6.45, 7) is 2.19. The van der Waals surface area contributed by atoms with Crippen LogP contribution in [0.15, 0.2) is 65.7 Å². The maximum absolute atomic E-state index is 12.8. The molecule has 2 aromatic carbocycles. The number of fused-ring (bicyclic) bond motifs is 1. The Hall–Kier alpha value is -2.90. The second-order valence-electron chi connectivity index (χ2n) is 7.04. The van der Waals surface area contributed by atoms with Crippen molar-refractivity contribution >= 4 is 57.1 Å². The molecule has 0 spiro atoms. The predicted octanol–water partition coefficient (Wildman–Crippen LogP) is 4.12. The molecular formula is C23H21N3O2S2. The zero-order valence-corrected chi connectivity index (χ0v) is 18.1. The Morgan fingerprint density at radius 1 is 1.20 bits per heavy atom. The number of benzene rings is 2. The van der Waals surface area contributed by atoms with Crippen molar-refractivity contribution in [2.45, 2.75) is 19.4 Å².